The van der Waals surface area contributed by atoms with E-state index in [4.69, 9.17) is 18.9 Å². The smallest absolute Gasteiger partial charge is 0.341 e. The Morgan fingerprint density at radius 1 is 1.03 bits per heavy atom. The zero-order valence-corrected chi connectivity index (χ0v) is 20.5. The molecule has 0 unspecified atom stereocenters. The number of thiophene rings is 1. The van der Waals surface area contributed by atoms with Gasteiger partial charge >= 0.3 is 5.97 Å². The van der Waals surface area contributed by atoms with Gasteiger partial charge in [0.2, 0.25) is 0 Å². The van der Waals surface area contributed by atoms with Crippen molar-refractivity contribution in [2.75, 3.05) is 33.3 Å². The number of carbonyl (C=O) groups excluding carboxylic acids is 2. The predicted octanol–water partition coefficient (Wildman–Crippen LogP) is 5.16. The maximum atomic E-state index is 13.0. The highest BCUT2D eigenvalue weighted by Gasteiger charge is 2.24. The van der Waals surface area contributed by atoms with Crippen molar-refractivity contribution < 1.29 is 28.5 Å². The van der Waals surface area contributed by atoms with Crippen molar-refractivity contribution in [3.05, 3.63) is 64.5 Å². The molecule has 180 valence electrons. The van der Waals surface area contributed by atoms with Crippen LogP contribution in [0.3, 0.4) is 0 Å². The number of hydrogen-bond donors (Lipinski definition) is 1. The Kier molecular flexibility index (Phi) is 8.48. The maximum Gasteiger partial charge on any atom is 0.341 e. The molecular weight excluding hydrogens is 468 g/mol. The van der Waals surface area contributed by atoms with Crippen LogP contribution in [0, 0.1) is 11.3 Å². The van der Waals surface area contributed by atoms with Crippen molar-refractivity contribution in [3.63, 3.8) is 0 Å². The zero-order chi connectivity index (χ0) is 25.4. The highest BCUT2D eigenvalue weighted by Crippen LogP contribution is 2.37. The van der Waals surface area contributed by atoms with Crippen molar-refractivity contribution in [1.29, 1.82) is 5.26 Å². The fourth-order valence-electron chi connectivity index (χ4n) is 3.27. The molecule has 1 amide bonds. The first-order valence-electron chi connectivity index (χ1n) is 10.5. The lowest BCUT2D eigenvalue weighted by atomic mass is 10.0. The van der Waals surface area contributed by atoms with Gasteiger partial charge in [0, 0.05) is 10.9 Å². The molecule has 1 N–H and O–H groups in total. The Hall–Kier alpha value is -4.29. The molecule has 0 radical (unpaired) electrons. The summed E-state index contributed by atoms with van der Waals surface area (Å²) in [6, 6.07) is 14.1. The number of nitrogens with zero attached hydrogens (tertiary/aromatic N) is 1. The molecule has 9 heteroatoms. The van der Waals surface area contributed by atoms with Gasteiger partial charge in [0.25, 0.3) is 5.91 Å². The van der Waals surface area contributed by atoms with E-state index < -0.39 is 11.9 Å². The third kappa shape index (κ3) is 5.80. The summed E-state index contributed by atoms with van der Waals surface area (Å²) in [5, 5.41) is 14.4. The number of methoxy groups -OCH3 is 3. The first kappa shape index (κ1) is 25.3. The van der Waals surface area contributed by atoms with E-state index >= 15 is 0 Å². The zero-order valence-electron chi connectivity index (χ0n) is 19.7. The monoisotopic (exact) mass is 492 g/mol. The van der Waals surface area contributed by atoms with E-state index in [2.05, 4.69) is 5.32 Å². The molecule has 0 spiro atoms. The fourth-order valence-corrected chi connectivity index (χ4v) is 4.22. The molecule has 0 bridgehead atoms. The van der Waals surface area contributed by atoms with Crippen LogP contribution in [0.2, 0.25) is 0 Å². The molecule has 0 fully saturated rings. The Balaban J connectivity index is 1.95. The van der Waals surface area contributed by atoms with Gasteiger partial charge in [-0.25, -0.2) is 4.79 Å². The van der Waals surface area contributed by atoms with Gasteiger partial charge in [0.15, 0.2) is 11.5 Å². The molecule has 3 aromatic rings. The number of anilines is 1. The number of amides is 1. The van der Waals surface area contributed by atoms with Crippen molar-refractivity contribution in [2.24, 2.45) is 0 Å². The Morgan fingerprint density at radius 3 is 2.34 bits per heavy atom. The second-order valence-electron chi connectivity index (χ2n) is 7.04. The van der Waals surface area contributed by atoms with Gasteiger partial charge in [-0.3, -0.25) is 4.79 Å². The SMILES string of the molecule is CCOC(=O)c1c(-c2ccc(OC)cc2)csc1NC(=O)C(C#N)=Cc1ccc(OC)c(OC)c1. The summed E-state index contributed by atoms with van der Waals surface area (Å²) in [4.78, 5) is 25.8. The predicted molar refractivity (Wildman–Crippen MR) is 134 cm³/mol. The van der Waals surface area contributed by atoms with Crippen LogP contribution in [0.5, 0.6) is 17.2 Å². The van der Waals surface area contributed by atoms with E-state index in [1.54, 1.807) is 49.7 Å². The summed E-state index contributed by atoms with van der Waals surface area (Å²) >= 11 is 1.17. The molecule has 3 rings (SSSR count). The van der Waals surface area contributed by atoms with E-state index in [0.717, 1.165) is 5.56 Å². The van der Waals surface area contributed by atoms with Gasteiger partial charge in [-0.05, 0) is 48.4 Å². The Labute approximate surface area is 207 Å². The van der Waals surface area contributed by atoms with E-state index in [0.29, 0.717) is 28.4 Å². The lowest BCUT2D eigenvalue weighted by Gasteiger charge is -2.10. The van der Waals surface area contributed by atoms with Gasteiger partial charge in [0.1, 0.15) is 28.0 Å². The molecular formula is C26H24N2O6S. The highest BCUT2D eigenvalue weighted by atomic mass is 32.1. The Bertz CT molecular complexity index is 1290. The first-order chi connectivity index (χ1) is 16.9. The molecule has 0 aliphatic rings. The van der Waals surface area contributed by atoms with Gasteiger partial charge in [-0.2, -0.15) is 5.26 Å². The second-order valence-corrected chi connectivity index (χ2v) is 7.92. The van der Waals surface area contributed by atoms with Crippen LogP contribution in [0.25, 0.3) is 17.2 Å². The molecule has 0 aliphatic carbocycles. The molecule has 0 aliphatic heterocycles. The molecule has 0 saturated carbocycles. The number of hydrogen-bond acceptors (Lipinski definition) is 8. The first-order valence-corrected chi connectivity index (χ1v) is 11.4. The van der Waals surface area contributed by atoms with Gasteiger partial charge in [-0.1, -0.05) is 18.2 Å². The molecule has 0 atom stereocenters. The standard InChI is InChI=1S/C26H24N2O6S/c1-5-34-26(30)23-20(17-7-9-19(31-2)10-8-17)15-35-25(23)28-24(29)18(14-27)12-16-6-11-21(32-3)22(13-16)33-4/h6-13,15H,5H2,1-4H3,(H,28,29). The number of nitrogens with one attached hydrogen (secondary N) is 1. The number of rotatable bonds is 9. The fraction of sp³-hybridized carbons (Fsp3) is 0.192. The number of nitriles is 1. The maximum absolute atomic E-state index is 13.0. The molecule has 1 aromatic heterocycles. The van der Waals surface area contributed by atoms with Crippen molar-refractivity contribution >= 4 is 34.3 Å². The number of benzene rings is 2. The van der Waals surface area contributed by atoms with E-state index in [-0.39, 0.29) is 22.7 Å². The average molecular weight is 493 g/mol. The van der Waals surface area contributed by atoms with Crippen LogP contribution in [0.1, 0.15) is 22.8 Å². The second kappa shape index (κ2) is 11.7. The Morgan fingerprint density at radius 2 is 1.74 bits per heavy atom. The quantitative estimate of drug-likeness (QED) is 0.250. The largest absolute Gasteiger partial charge is 0.497 e. The summed E-state index contributed by atoms with van der Waals surface area (Å²) in [7, 11) is 4.58. The van der Waals surface area contributed by atoms with Crippen molar-refractivity contribution in [3.8, 4) is 34.4 Å². The van der Waals surface area contributed by atoms with Crippen LogP contribution in [-0.4, -0.2) is 39.8 Å². The van der Waals surface area contributed by atoms with E-state index in [1.165, 1.54) is 31.6 Å². The van der Waals surface area contributed by atoms with E-state index in [9.17, 15) is 14.9 Å². The number of carbonyl (C=O) groups is 2. The minimum absolute atomic E-state index is 0.147. The van der Waals surface area contributed by atoms with Crippen LogP contribution < -0.4 is 19.5 Å². The average Bonchev–Trinajstić information content (AvgIpc) is 3.30. The van der Waals surface area contributed by atoms with Gasteiger partial charge < -0.3 is 24.3 Å². The van der Waals surface area contributed by atoms with Gasteiger partial charge in [0.05, 0.1) is 27.9 Å². The van der Waals surface area contributed by atoms with E-state index in [1.807, 2.05) is 18.2 Å². The summed E-state index contributed by atoms with van der Waals surface area (Å²) in [6.45, 7) is 1.88. The summed E-state index contributed by atoms with van der Waals surface area (Å²) in [6.07, 6.45) is 1.43. The summed E-state index contributed by atoms with van der Waals surface area (Å²) < 4.78 is 20.9. The topological polar surface area (TPSA) is 107 Å². The van der Waals surface area contributed by atoms with Crippen LogP contribution in [-0.2, 0) is 9.53 Å². The van der Waals surface area contributed by atoms with Gasteiger partial charge in [-0.15, -0.1) is 11.3 Å². The molecule has 8 nitrogen and oxygen atoms in total. The van der Waals surface area contributed by atoms with Crippen LogP contribution in [0.4, 0.5) is 5.00 Å². The molecule has 35 heavy (non-hydrogen) atoms. The lowest BCUT2D eigenvalue weighted by Crippen LogP contribution is -2.16. The number of ether oxygens (including phenoxy) is 4. The summed E-state index contributed by atoms with van der Waals surface area (Å²) in [5.41, 5.74) is 2.01. The molecule has 2 aromatic carbocycles. The van der Waals surface area contributed by atoms with Crippen molar-refractivity contribution in [1.82, 2.24) is 0 Å². The summed E-state index contributed by atoms with van der Waals surface area (Å²) in [5.74, 6) is 0.435. The van der Waals surface area contributed by atoms with Crippen molar-refractivity contribution in [2.45, 2.75) is 6.92 Å². The molecule has 1 heterocycles. The highest BCUT2D eigenvalue weighted by molar-refractivity contribution is 7.15. The third-order valence-corrected chi connectivity index (χ3v) is 5.88. The van der Waals surface area contributed by atoms with Crippen LogP contribution in [0.15, 0.2) is 53.4 Å². The lowest BCUT2D eigenvalue weighted by molar-refractivity contribution is -0.112. The van der Waals surface area contributed by atoms with Crippen LogP contribution >= 0.6 is 11.3 Å². The normalized spacial score (nSPS) is 10.8. The number of esters is 1. The minimum Gasteiger partial charge on any atom is -0.497 e. The molecule has 0 saturated heterocycles. The third-order valence-electron chi connectivity index (χ3n) is 4.98. The minimum atomic E-state index is -0.657.